The summed E-state index contributed by atoms with van der Waals surface area (Å²) in [5, 5.41) is 3.12. The summed E-state index contributed by atoms with van der Waals surface area (Å²) in [7, 11) is 1.29. The first kappa shape index (κ1) is 19.4. The summed E-state index contributed by atoms with van der Waals surface area (Å²) in [5.74, 6) is -0.270. The summed E-state index contributed by atoms with van der Waals surface area (Å²) >= 11 is 6.15. The average Bonchev–Trinajstić information content (AvgIpc) is 3.01. The first-order valence-corrected chi connectivity index (χ1v) is 8.77. The Morgan fingerprint density at radius 3 is 2.86 bits per heavy atom. The first-order chi connectivity index (χ1) is 13.5. The molecule has 0 radical (unpaired) electrons. The number of carbonyl (C=O) groups excluding carboxylic acids is 2. The number of fused-ring (bicyclic) bond motifs is 1. The normalized spacial score (nSPS) is 11.0. The zero-order chi connectivity index (χ0) is 20.1. The van der Waals surface area contributed by atoms with Gasteiger partial charge in [0.15, 0.2) is 11.8 Å². The third-order valence-corrected chi connectivity index (χ3v) is 4.23. The second kappa shape index (κ2) is 8.58. The number of halogens is 1. The fourth-order valence-corrected chi connectivity index (χ4v) is 2.77. The number of nitrogens with one attached hydrogen (secondary N) is 1. The van der Waals surface area contributed by atoms with Crippen molar-refractivity contribution in [2.24, 2.45) is 0 Å². The Bertz CT molecular complexity index is 1060. The van der Waals surface area contributed by atoms with Crippen LogP contribution in [0.25, 0.3) is 11.7 Å². The van der Waals surface area contributed by atoms with E-state index in [1.165, 1.54) is 13.2 Å². The molecule has 0 atom stereocenters. The molecule has 144 valence electrons. The van der Waals surface area contributed by atoms with Crippen LogP contribution in [0.4, 0.5) is 5.69 Å². The van der Waals surface area contributed by atoms with Crippen molar-refractivity contribution < 1.29 is 19.1 Å². The van der Waals surface area contributed by atoms with Crippen molar-refractivity contribution in [3.8, 4) is 5.75 Å². The van der Waals surface area contributed by atoms with Crippen LogP contribution in [0.5, 0.6) is 5.75 Å². The maximum atomic E-state index is 12.3. The lowest BCUT2D eigenvalue weighted by molar-refractivity contribution is -0.142. The van der Waals surface area contributed by atoms with Gasteiger partial charge < -0.3 is 14.8 Å². The molecule has 0 saturated carbocycles. The maximum absolute atomic E-state index is 12.3. The molecule has 7 nitrogen and oxygen atoms in total. The van der Waals surface area contributed by atoms with E-state index in [-0.39, 0.29) is 12.5 Å². The lowest BCUT2D eigenvalue weighted by atomic mass is 10.2. The quantitative estimate of drug-likeness (QED) is 0.506. The zero-order valence-electron chi connectivity index (χ0n) is 15.3. The minimum Gasteiger partial charge on any atom is -0.482 e. The fraction of sp³-hybridized carbons (Fsp3) is 0.150. The van der Waals surface area contributed by atoms with Crippen LogP contribution in [0, 0.1) is 6.92 Å². The molecule has 1 N–H and O–H groups in total. The number of esters is 1. The third kappa shape index (κ3) is 4.50. The number of hydrogen-bond donors (Lipinski definition) is 1. The van der Waals surface area contributed by atoms with Crippen molar-refractivity contribution in [3.63, 3.8) is 0 Å². The molecule has 0 unspecified atom stereocenters. The van der Waals surface area contributed by atoms with E-state index in [0.29, 0.717) is 27.9 Å². The van der Waals surface area contributed by atoms with Gasteiger partial charge in [0.05, 0.1) is 12.8 Å². The average molecular weight is 400 g/mol. The molecule has 2 heterocycles. The highest BCUT2D eigenvalue weighted by molar-refractivity contribution is 6.31. The molecule has 3 rings (SSSR count). The van der Waals surface area contributed by atoms with Gasteiger partial charge in [-0.3, -0.25) is 9.20 Å². The lowest BCUT2D eigenvalue weighted by Gasteiger charge is -2.10. The summed E-state index contributed by atoms with van der Waals surface area (Å²) in [6.45, 7) is 1.65. The molecule has 0 aliphatic rings. The monoisotopic (exact) mass is 399 g/mol. The molecule has 1 aromatic carbocycles. The van der Waals surface area contributed by atoms with Gasteiger partial charge in [-0.1, -0.05) is 17.7 Å². The van der Waals surface area contributed by atoms with Gasteiger partial charge in [0, 0.05) is 18.0 Å². The Morgan fingerprint density at radius 2 is 2.11 bits per heavy atom. The Labute approximate surface area is 166 Å². The summed E-state index contributed by atoms with van der Waals surface area (Å²) < 4.78 is 11.6. The number of benzene rings is 1. The van der Waals surface area contributed by atoms with Crippen molar-refractivity contribution >= 4 is 40.9 Å². The molecule has 0 aliphatic heterocycles. The molecule has 8 heteroatoms. The Hall–Kier alpha value is -3.32. The largest absolute Gasteiger partial charge is 0.482 e. The maximum Gasteiger partial charge on any atom is 0.343 e. The predicted octanol–water partition coefficient (Wildman–Crippen LogP) is 3.50. The zero-order valence-corrected chi connectivity index (χ0v) is 16.1. The number of rotatable bonds is 6. The number of amides is 1. The van der Waals surface area contributed by atoms with Crippen LogP contribution in [-0.4, -0.2) is 35.0 Å². The Kier molecular flexibility index (Phi) is 5.96. The van der Waals surface area contributed by atoms with Gasteiger partial charge in [0.1, 0.15) is 11.4 Å². The van der Waals surface area contributed by atoms with E-state index in [2.05, 4.69) is 15.0 Å². The molecular formula is C20H18ClN3O4. The SMILES string of the molecule is COC(=O)COc1ccc(NC(=O)/C=C/c2c(Cl)nc3ccccn23)c(C)c1. The van der Waals surface area contributed by atoms with Gasteiger partial charge in [-0.2, -0.15) is 0 Å². The molecule has 0 aliphatic carbocycles. The molecule has 3 aromatic rings. The van der Waals surface area contributed by atoms with Crippen LogP contribution in [-0.2, 0) is 14.3 Å². The molecule has 0 saturated heterocycles. The van der Waals surface area contributed by atoms with E-state index in [1.807, 2.05) is 31.3 Å². The van der Waals surface area contributed by atoms with E-state index in [9.17, 15) is 9.59 Å². The predicted molar refractivity (Wildman–Crippen MR) is 107 cm³/mol. The molecule has 0 fully saturated rings. The molecule has 2 aromatic heterocycles. The number of aromatic nitrogens is 2. The van der Waals surface area contributed by atoms with E-state index in [1.54, 1.807) is 28.7 Å². The minimum absolute atomic E-state index is 0.176. The molecule has 0 bridgehead atoms. The number of ether oxygens (including phenoxy) is 2. The van der Waals surface area contributed by atoms with Crippen LogP contribution >= 0.6 is 11.6 Å². The standard InChI is InChI=1S/C20H18ClN3O4/c1-13-11-14(28-12-19(26)27-2)6-7-15(13)22-18(25)9-8-16-20(21)23-17-5-3-4-10-24(16)17/h3-11H,12H2,1-2H3,(H,22,25)/b9-8+. The number of nitrogens with zero attached hydrogens (tertiary/aromatic N) is 2. The van der Waals surface area contributed by atoms with Crippen LogP contribution < -0.4 is 10.1 Å². The minimum atomic E-state index is -0.466. The van der Waals surface area contributed by atoms with Crippen molar-refractivity contribution in [2.45, 2.75) is 6.92 Å². The summed E-state index contributed by atoms with van der Waals surface area (Å²) in [5.41, 5.74) is 2.74. The van der Waals surface area contributed by atoms with Gasteiger partial charge >= 0.3 is 5.97 Å². The summed E-state index contributed by atoms with van der Waals surface area (Å²) in [6, 6.07) is 10.6. The highest BCUT2D eigenvalue weighted by atomic mass is 35.5. The van der Waals surface area contributed by atoms with Crippen molar-refractivity contribution in [1.82, 2.24) is 9.38 Å². The van der Waals surface area contributed by atoms with Crippen molar-refractivity contribution in [1.29, 1.82) is 0 Å². The molecular weight excluding hydrogens is 382 g/mol. The molecule has 1 amide bonds. The Morgan fingerprint density at radius 1 is 1.29 bits per heavy atom. The van der Waals surface area contributed by atoms with Gasteiger partial charge in [-0.05, 0) is 48.9 Å². The van der Waals surface area contributed by atoms with E-state index in [4.69, 9.17) is 16.3 Å². The number of carbonyl (C=O) groups is 2. The summed E-state index contributed by atoms with van der Waals surface area (Å²) in [6.07, 6.45) is 4.83. The highest BCUT2D eigenvalue weighted by Crippen LogP contribution is 2.22. The Balaban J connectivity index is 1.68. The molecule has 28 heavy (non-hydrogen) atoms. The second-order valence-electron chi connectivity index (χ2n) is 5.88. The van der Waals surface area contributed by atoms with E-state index >= 15 is 0 Å². The van der Waals surface area contributed by atoms with Crippen LogP contribution in [0.3, 0.4) is 0 Å². The van der Waals surface area contributed by atoms with Gasteiger partial charge in [0.25, 0.3) is 0 Å². The smallest absolute Gasteiger partial charge is 0.343 e. The van der Waals surface area contributed by atoms with Gasteiger partial charge in [-0.25, -0.2) is 9.78 Å². The van der Waals surface area contributed by atoms with E-state index < -0.39 is 5.97 Å². The number of hydrogen-bond acceptors (Lipinski definition) is 5. The van der Waals surface area contributed by atoms with Crippen molar-refractivity contribution in [2.75, 3.05) is 19.0 Å². The highest BCUT2D eigenvalue weighted by Gasteiger charge is 2.09. The van der Waals surface area contributed by atoms with Crippen LogP contribution in [0.15, 0.2) is 48.7 Å². The number of aryl methyl sites for hydroxylation is 1. The first-order valence-electron chi connectivity index (χ1n) is 8.40. The number of methoxy groups -OCH3 is 1. The second-order valence-corrected chi connectivity index (χ2v) is 6.24. The third-order valence-electron chi connectivity index (χ3n) is 3.95. The van der Waals surface area contributed by atoms with E-state index in [0.717, 1.165) is 5.56 Å². The van der Waals surface area contributed by atoms with Gasteiger partial charge in [-0.15, -0.1) is 0 Å². The van der Waals surface area contributed by atoms with Gasteiger partial charge in [0.2, 0.25) is 5.91 Å². The topological polar surface area (TPSA) is 81.9 Å². The number of anilines is 1. The van der Waals surface area contributed by atoms with Crippen LogP contribution in [0.1, 0.15) is 11.3 Å². The lowest BCUT2D eigenvalue weighted by Crippen LogP contribution is -2.13. The number of pyridine rings is 1. The summed E-state index contributed by atoms with van der Waals surface area (Å²) in [4.78, 5) is 27.6. The fourth-order valence-electron chi connectivity index (χ4n) is 2.53. The number of imidazole rings is 1. The molecule has 0 spiro atoms. The van der Waals surface area contributed by atoms with Crippen LogP contribution in [0.2, 0.25) is 5.15 Å². The van der Waals surface area contributed by atoms with Crippen molar-refractivity contribution in [3.05, 3.63) is 65.1 Å².